The number of ether oxygens (including phenoxy) is 3. The molecule has 0 bridgehead atoms. The number of carbonyl (C=O) groups is 2. The van der Waals surface area contributed by atoms with Crippen LogP contribution >= 0.6 is 0 Å². The number of nitrogens with zero attached hydrogens (tertiary/aromatic N) is 1. The number of hydrogen-bond donors (Lipinski definition) is 2. The van der Waals surface area contributed by atoms with Gasteiger partial charge in [0, 0.05) is 0 Å². The fourth-order valence-electron chi connectivity index (χ4n) is 3.17. The Balaban J connectivity index is 2.12. The van der Waals surface area contributed by atoms with Gasteiger partial charge in [-0.3, -0.25) is 0 Å². The van der Waals surface area contributed by atoms with Crippen LogP contribution in [0.2, 0.25) is 0 Å². The molecule has 0 aromatic heterocycles. The smallest absolute Gasteiger partial charge is 0.338 e. The van der Waals surface area contributed by atoms with Gasteiger partial charge in [-0.15, -0.1) is 0 Å². The minimum absolute atomic E-state index is 0.133. The maximum Gasteiger partial charge on any atom is 0.338 e. The van der Waals surface area contributed by atoms with Crippen LogP contribution in [-0.2, 0) is 9.53 Å². The number of rotatable bonds is 7. The van der Waals surface area contributed by atoms with Crippen LogP contribution in [0.1, 0.15) is 24.1 Å². The zero-order chi connectivity index (χ0) is 21.5. The van der Waals surface area contributed by atoms with Crippen LogP contribution in [0.25, 0.3) is 5.70 Å². The first kappa shape index (κ1) is 20.7. The van der Waals surface area contributed by atoms with Crippen molar-refractivity contribution in [3.63, 3.8) is 0 Å². The predicted molar refractivity (Wildman–Crippen MR) is 109 cm³/mol. The average molecular weight is 407 g/mol. The van der Waals surface area contributed by atoms with Crippen molar-refractivity contribution in [2.45, 2.75) is 13.0 Å². The van der Waals surface area contributed by atoms with Crippen LogP contribution in [0.4, 0.5) is 4.79 Å². The van der Waals surface area contributed by atoms with Crippen molar-refractivity contribution in [1.29, 1.82) is 5.26 Å². The van der Waals surface area contributed by atoms with E-state index < -0.39 is 18.0 Å². The SMILES string of the molecule is CCOC(=O)C1=C(c2ccccc2)NC(=O)N[C@@H]1c1ccc(OCC#N)c(OC)c1. The molecule has 2 aromatic rings. The van der Waals surface area contributed by atoms with Crippen molar-refractivity contribution in [2.24, 2.45) is 0 Å². The Hall–Kier alpha value is -3.99. The molecule has 1 atom stereocenters. The lowest BCUT2D eigenvalue weighted by molar-refractivity contribution is -0.138. The summed E-state index contributed by atoms with van der Waals surface area (Å²) in [5.41, 5.74) is 1.94. The zero-order valence-electron chi connectivity index (χ0n) is 16.6. The van der Waals surface area contributed by atoms with E-state index in [2.05, 4.69) is 10.6 Å². The highest BCUT2D eigenvalue weighted by Crippen LogP contribution is 2.36. The first-order chi connectivity index (χ1) is 14.6. The number of carbonyl (C=O) groups excluding carboxylic acids is 2. The third kappa shape index (κ3) is 4.36. The highest BCUT2D eigenvalue weighted by atomic mass is 16.5. The molecular weight excluding hydrogens is 386 g/mol. The molecular formula is C22H21N3O5. The number of methoxy groups -OCH3 is 1. The van der Waals surface area contributed by atoms with Crippen LogP contribution in [0.5, 0.6) is 11.5 Å². The van der Waals surface area contributed by atoms with Crippen molar-refractivity contribution in [2.75, 3.05) is 20.3 Å². The van der Waals surface area contributed by atoms with E-state index in [4.69, 9.17) is 19.5 Å². The van der Waals surface area contributed by atoms with Crippen molar-refractivity contribution in [1.82, 2.24) is 10.6 Å². The lowest BCUT2D eigenvalue weighted by Gasteiger charge is -2.29. The van der Waals surface area contributed by atoms with Gasteiger partial charge < -0.3 is 24.8 Å². The number of nitriles is 1. The maximum atomic E-state index is 12.9. The summed E-state index contributed by atoms with van der Waals surface area (Å²) in [4.78, 5) is 25.3. The van der Waals surface area contributed by atoms with E-state index in [0.717, 1.165) is 0 Å². The van der Waals surface area contributed by atoms with Gasteiger partial charge in [0.25, 0.3) is 0 Å². The van der Waals surface area contributed by atoms with Gasteiger partial charge in [-0.25, -0.2) is 9.59 Å². The average Bonchev–Trinajstić information content (AvgIpc) is 2.77. The molecule has 0 fully saturated rings. The number of hydrogen-bond acceptors (Lipinski definition) is 6. The number of benzene rings is 2. The van der Waals surface area contributed by atoms with Gasteiger partial charge >= 0.3 is 12.0 Å². The summed E-state index contributed by atoms with van der Waals surface area (Å²) in [5.74, 6) is 0.214. The topological polar surface area (TPSA) is 110 Å². The van der Waals surface area contributed by atoms with Gasteiger partial charge in [0.15, 0.2) is 18.1 Å². The second-order valence-corrected chi connectivity index (χ2v) is 6.26. The molecule has 2 N–H and O–H groups in total. The molecule has 154 valence electrons. The fourth-order valence-corrected chi connectivity index (χ4v) is 3.17. The first-order valence-electron chi connectivity index (χ1n) is 9.31. The summed E-state index contributed by atoms with van der Waals surface area (Å²) in [7, 11) is 1.47. The Morgan fingerprint density at radius 3 is 2.60 bits per heavy atom. The van der Waals surface area contributed by atoms with Crippen LogP contribution in [0, 0.1) is 11.3 Å². The standard InChI is InChI=1S/C22H21N3O5/c1-3-29-21(26)18-19(14-7-5-4-6-8-14)24-22(27)25-20(18)15-9-10-16(30-12-11-23)17(13-15)28-2/h4-10,13,20H,3,12H2,1-2H3,(H2,24,25,27)/t20-/m1/s1. The van der Waals surface area contributed by atoms with Crippen LogP contribution in [-0.4, -0.2) is 32.3 Å². The van der Waals surface area contributed by atoms with Gasteiger partial charge in [0.05, 0.1) is 31.0 Å². The Morgan fingerprint density at radius 2 is 1.93 bits per heavy atom. The molecule has 0 spiro atoms. The number of amides is 2. The summed E-state index contributed by atoms with van der Waals surface area (Å²) in [5, 5.41) is 14.2. The van der Waals surface area contributed by atoms with Crippen LogP contribution in [0.15, 0.2) is 54.1 Å². The monoisotopic (exact) mass is 407 g/mol. The third-order valence-corrected chi connectivity index (χ3v) is 4.44. The molecule has 8 heteroatoms. The predicted octanol–water partition coefficient (Wildman–Crippen LogP) is 2.93. The summed E-state index contributed by atoms with van der Waals surface area (Å²) < 4.78 is 16.0. The largest absolute Gasteiger partial charge is 0.493 e. The second-order valence-electron chi connectivity index (χ2n) is 6.26. The highest BCUT2D eigenvalue weighted by molar-refractivity contribution is 6.04. The first-order valence-corrected chi connectivity index (χ1v) is 9.31. The minimum atomic E-state index is -0.771. The van der Waals surface area contributed by atoms with E-state index in [0.29, 0.717) is 28.3 Å². The second kappa shape index (κ2) is 9.47. The molecule has 2 amide bonds. The normalized spacial score (nSPS) is 15.5. The van der Waals surface area contributed by atoms with Crippen molar-refractivity contribution in [3.05, 3.63) is 65.2 Å². The van der Waals surface area contributed by atoms with E-state index in [1.54, 1.807) is 37.3 Å². The molecule has 0 saturated carbocycles. The van der Waals surface area contributed by atoms with Gasteiger partial charge in [-0.2, -0.15) is 5.26 Å². The molecule has 0 unspecified atom stereocenters. The molecule has 1 aliphatic heterocycles. The number of esters is 1. The molecule has 0 radical (unpaired) electrons. The molecule has 3 rings (SSSR count). The van der Waals surface area contributed by atoms with Crippen molar-refractivity contribution in [3.8, 4) is 17.6 Å². The third-order valence-electron chi connectivity index (χ3n) is 4.44. The number of nitrogens with one attached hydrogen (secondary N) is 2. The molecule has 1 heterocycles. The molecule has 0 saturated heterocycles. The summed E-state index contributed by atoms with van der Waals surface area (Å²) in [6, 6.07) is 14.8. The van der Waals surface area contributed by atoms with Crippen molar-refractivity contribution >= 4 is 17.7 Å². The highest BCUT2D eigenvalue weighted by Gasteiger charge is 2.34. The van der Waals surface area contributed by atoms with E-state index in [-0.39, 0.29) is 18.8 Å². The van der Waals surface area contributed by atoms with Gasteiger partial charge in [0.1, 0.15) is 6.07 Å². The van der Waals surface area contributed by atoms with E-state index in [1.165, 1.54) is 7.11 Å². The van der Waals surface area contributed by atoms with E-state index in [1.807, 2.05) is 24.3 Å². The van der Waals surface area contributed by atoms with Gasteiger partial charge in [-0.1, -0.05) is 36.4 Å². The molecule has 1 aliphatic rings. The molecule has 8 nitrogen and oxygen atoms in total. The van der Waals surface area contributed by atoms with Crippen LogP contribution < -0.4 is 20.1 Å². The van der Waals surface area contributed by atoms with E-state index in [9.17, 15) is 9.59 Å². The lowest BCUT2D eigenvalue weighted by Crippen LogP contribution is -2.45. The molecule has 30 heavy (non-hydrogen) atoms. The Kier molecular flexibility index (Phi) is 6.55. The Morgan fingerprint density at radius 1 is 1.17 bits per heavy atom. The van der Waals surface area contributed by atoms with Crippen molar-refractivity contribution < 1.29 is 23.8 Å². The van der Waals surface area contributed by atoms with Crippen LogP contribution in [0.3, 0.4) is 0 Å². The summed E-state index contributed by atoms with van der Waals surface area (Å²) >= 11 is 0. The maximum absolute atomic E-state index is 12.9. The Labute approximate surface area is 174 Å². The lowest BCUT2D eigenvalue weighted by atomic mass is 9.92. The minimum Gasteiger partial charge on any atom is -0.493 e. The molecule has 0 aliphatic carbocycles. The van der Waals surface area contributed by atoms with Gasteiger partial charge in [0.2, 0.25) is 0 Å². The van der Waals surface area contributed by atoms with E-state index >= 15 is 0 Å². The fraction of sp³-hybridized carbons (Fsp3) is 0.227. The number of urea groups is 1. The molecule has 2 aromatic carbocycles. The summed E-state index contributed by atoms with van der Waals surface area (Å²) in [6.07, 6.45) is 0. The summed E-state index contributed by atoms with van der Waals surface area (Å²) in [6.45, 7) is 1.77. The zero-order valence-corrected chi connectivity index (χ0v) is 16.6. The van der Waals surface area contributed by atoms with Gasteiger partial charge in [-0.05, 0) is 30.2 Å². The quantitative estimate of drug-likeness (QED) is 0.683. The Bertz CT molecular complexity index is 1010.